The summed E-state index contributed by atoms with van der Waals surface area (Å²) in [4.78, 5) is 2.62. The van der Waals surface area contributed by atoms with Gasteiger partial charge in [0.05, 0.1) is 0 Å². The number of aromatic hydroxyl groups is 1. The monoisotopic (exact) mass is 280 g/mol. The van der Waals surface area contributed by atoms with E-state index in [-0.39, 0.29) is 5.75 Å². The van der Waals surface area contributed by atoms with Crippen LogP contribution in [-0.4, -0.2) is 35.7 Å². The van der Waals surface area contributed by atoms with E-state index in [9.17, 15) is 5.11 Å². The molecule has 1 saturated carbocycles. The van der Waals surface area contributed by atoms with Crippen molar-refractivity contribution in [1.82, 2.24) is 10.2 Å². The zero-order chi connectivity index (χ0) is 13.2. The molecule has 0 aromatic heterocycles. The minimum atomic E-state index is 0.283. The molecule has 0 bridgehead atoms. The van der Waals surface area contributed by atoms with Crippen LogP contribution in [0.2, 0.25) is 5.02 Å². The summed E-state index contributed by atoms with van der Waals surface area (Å²) in [5, 5.41) is 13.8. The fourth-order valence-corrected chi connectivity index (χ4v) is 3.16. The Labute approximate surface area is 119 Å². The molecule has 0 spiro atoms. The number of hydrogen-bond acceptors (Lipinski definition) is 3. The lowest BCUT2D eigenvalue weighted by Gasteiger charge is -2.15. The van der Waals surface area contributed by atoms with Crippen LogP contribution in [0.5, 0.6) is 5.75 Å². The number of halogens is 1. The number of phenols is 1. The first kappa shape index (κ1) is 13.2. The Morgan fingerprint density at radius 3 is 2.89 bits per heavy atom. The van der Waals surface area contributed by atoms with Crippen molar-refractivity contribution in [3.05, 3.63) is 28.8 Å². The lowest BCUT2D eigenvalue weighted by atomic mass is 10.1. The summed E-state index contributed by atoms with van der Waals surface area (Å²) < 4.78 is 0. The molecule has 19 heavy (non-hydrogen) atoms. The number of phenolic OH excluding ortho intramolecular Hbond substituents is 1. The second-order valence-electron chi connectivity index (χ2n) is 5.75. The van der Waals surface area contributed by atoms with Crippen LogP contribution in [-0.2, 0) is 6.54 Å². The Kier molecular flexibility index (Phi) is 3.96. The van der Waals surface area contributed by atoms with Crippen molar-refractivity contribution in [3.63, 3.8) is 0 Å². The number of rotatable bonds is 5. The highest BCUT2D eigenvalue weighted by Gasteiger charge is 2.33. The number of hydrogen-bond donors (Lipinski definition) is 2. The summed E-state index contributed by atoms with van der Waals surface area (Å²) in [6.45, 7) is 4.14. The fourth-order valence-electron chi connectivity index (χ4n) is 2.92. The molecule has 1 unspecified atom stereocenters. The van der Waals surface area contributed by atoms with E-state index in [0.29, 0.717) is 11.6 Å². The van der Waals surface area contributed by atoms with Crippen LogP contribution in [0, 0.1) is 5.92 Å². The minimum absolute atomic E-state index is 0.283. The first-order chi connectivity index (χ1) is 9.24. The van der Waals surface area contributed by atoms with Crippen LogP contribution in [0.1, 0.15) is 24.8 Å². The third-order valence-corrected chi connectivity index (χ3v) is 4.56. The van der Waals surface area contributed by atoms with Gasteiger partial charge in [0.25, 0.3) is 0 Å². The average molecular weight is 281 g/mol. The van der Waals surface area contributed by atoms with Crippen molar-refractivity contribution in [2.75, 3.05) is 19.6 Å². The molecule has 1 aliphatic heterocycles. The number of likely N-dealkylation sites (tertiary alicyclic amines) is 1. The predicted octanol–water partition coefficient (Wildman–Crippen LogP) is 2.62. The third kappa shape index (κ3) is 3.22. The van der Waals surface area contributed by atoms with Gasteiger partial charge in [-0.3, -0.25) is 0 Å². The van der Waals surface area contributed by atoms with Gasteiger partial charge in [0.2, 0.25) is 0 Å². The van der Waals surface area contributed by atoms with Crippen molar-refractivity contribution < 1.29 is 5.11 Å². The van der Waals surface area contributed by atoms with Gasteiger partial charge in [-0.25, -0.2) is 0 Å². The fraction of sp³-hybridized carbons (Fsp3) is 0.600. The van der Waals surface area contributed by atoms with Gasteiger partial charge in [0.1, 0.15) is 5.75 Å². The van der Waals surface area contributed by atoms with E-state index in [1.807, 2.05) is 6.07 Å². The van der Waals surface area contributed by atoms with Gasteiger partial charge in [-0.15, -0.1) is 0 Å². The summed E-state index contributed by atoms with van der Waals surface area (Å²) in [6.07, 6.45) is 4.08. The zero-order valence-corrected chi connectivity index (χ0v) is 11.9. The number of nitrogens with one attached hydrogen (secondary N) is 1. The molecular weight excluding hydrogens is 260 g/mol. The molecule has 3 rings (SSSR count). The van der Waals surface area contributed by atoms with Crippen LogP contribution in [0.25, 0.3) is 0 Å². The summed E-state index contributed by atoms with van der Waals surface area (Å²) in [5.41, 5.74) is 0.807. The van der Waals surface area contributed by atoms with E-state index >= 15 is 0 Å². The maximum atomic E-state index is 9.77. The van der Waals surface area contributed by atoms with Crippen molar-refractivity contribution in [1.29, 1.82) is 0 Å². The molecule has 3 nitrogen and oxygen atoms in total. The number of benzene rings is 1. The maximum absolute atomic E-state index is 9.77. The van der Waals surface area contributed by atoms with E-state index in [0.717, 1.165) is 24.1 Å². The Morgan fingerprint density at radius 1 is 1.32 bits per heavy atom. The summed E-state index contributed by atoms with van der Waals surface area (Å²) >= 11 is 6.09. The molecule has 1 heterocycles. The van der Waals surface area contributed by atoms with Crippen molar-refractivity contribution in [3.8, 4) is 5.75 Å². The molecule has 2 N–H and O–H groups in total. The summed E-state index contributed by atoms with van der Waals surface area (Å²) in [6, 6.07) is 6.17. The van der Waals surface area contributed by atoms with E-state index in [1.54, 1.807) is 12.1 Å². The molecule has 2 aliphatic rings. The first-order valence-corrected chi connectivity index (χ1v) is 7.53. The highest BCUT2D eigenvalue weighted by molar-refractivity contribution is 6.31. The summed E-state index contributed by atoms with van der Waals surface area (Å²) in [5.74, 6) is 1.02. The highest BCUT2D eigenvalue weighted by atomic mass is 35.5. The van der Waals surface area contributed by atoms with Crippen LogP contribution in [0.15, 0.2) is 18.2 Å². The normalized spacial score (nSPS) is 23.9. The second kappa shape index (κ2) is 5.70. The van der Waals surface area contributed by atoms with E-state index in [2.05, 4.69) is 10.2 Å². The van der Waals surface area contributed by atoms with Crippen LogP contribution in [0.3, 0.4) is 0 Å². The largest absolute Gasteiger partial charge is 0.508 e. The maximum Gasteiger partial charge on any atom is 0.121 e. The Balaban J connectivity index is 1.45. The molecule has 1 atom stereocenters. The van der Waals surface area contributed by atoms with Gasteiger partial charge in [-0.2, -0.15) is 0 Å². The second-order valence-corrected chi connectivity index (χ2v) is 6.16. The molecule has 1 saturated heterocycles. The highest BCUT2D eigenvalue weighted by Crippen LogP contribution is 2.31. The standard InChI is InChI=1S/C15H21ClN2O/c16-14-2-1-3-15(19)13(14)9-17-8-11-6-7-18(10-11)12-4-5-12/h1-3,11-12,17,19H,4-10H2. The molecule has 0 radical (unpaired) electrons. The van der Waals surface area contributed by atoms with Gasteiger partial charge in [0, 0.05) is 29.7 Å². The molecular formula is C15H21ClN2O. The average Bonchev–Trinajstić information content (AvgIpc) is 3.13. The molecule has 1 aromatic rings. The molecule has 104 valence electrons. The van der Waals surface area contributed by atoms with Crippen molar-refractivity contribution in [2.45, 2.75) is 31.8 Å². The lowest BCUT2D eigenvalue weighted by Crippen LogP contribution is -2.27. The van der Waals surface area contributed by atoms with E-state index in [4.69, 9.17) is 11.6 Å². The Bertz CT molecular complexity index is 428. The van der Waals surface area contributed by atoms with Gasteiger partial charge in [0.15, 0.2) is 0 Å². The first-order valence-electron chi connectivity index (χ1n) is 7.15. The topological polar surface area (TPSA) is 35.5 Å². The van der Waals surface area contributed by atoms with Crippen molar-refractivity contribution in [2.24, 2.45) is 5.92 Å². The predicted molar refractivity (Wildman–Crippen MR) is 77.5 cm³/mol. The smallest absolute Gasteiger partial charge is 0.121 e. The van der Waals surface area contributed by atoms with Crippen molar-refractivity contribution >= 4 is 11.6 Å². The molecule has 4 heteroatoms. The Hall–Kier alpha value is -0.770. The van der Waals surface area contributed by atoms with Gasteiger partial charge < -0.3 is 15.3 Å². The quantitative estimate of drug-likeness (QED) is 0.870. The van der Waals surface area contributed by atoms with Gasteiger partial charge >= 0.3 is 0 Å². The Morgan fingerprint density at radius 2 is 2.16 bits per heavy atom. The third-order valence-electron chi connectivity index (χ3n) is 4.21. The molecule has 1 aromatic carbocycles. The molecule has 0 amide bonds. The van der Waals surface area contributed by atoms with Gasteiger partial charge in [-0.1, -0.05) is 17.7 Å². The molecule has 2 fully saturated rings. The number of nitrogens with zero attached hydrogens (tertiary/aromatic N) is 1. The lowest BCUT2D eigenvalue weighted by molar-refractivity contribution is 0.311. The van der Waals surface area contributed by atoms with Crippen LogP contribution in [0.4, 0.5) is 0 Å². The van der Waals surface area contributed by atoms with E-state index < -0.39 is 0 Å². The van der Waals surface area contributed by atoms with Gasteiger partial charge in [-0.05, 0) is 50.4 Å². The van der Waals surface area contributed by atoms with Crippen LogP contribution >= 0.6 is 11.6 Å². The van der Waals surface area contributed by atoms with E-state index in [1.165, 1.54) is 32.4 Å². The molecule has 1 aliphatic carbocycles. The zero-order valence-electron chi connectivity index (χ0n) is 11.1. The minimum Gasteiger partial charge on any atom is -0.508 e. The SMILES string of the molecule is Oc1cccc(Cl)c1CNCC1CCN(C2CC2)C1. The summed E-state index contributed by atoms with van der Waals surface area (Å²) in [7, 11) is 0. The van der Waals surface area contributed by atoms with Crippen LogP contribution < -0.4 is 5.32 Å².